The number of ether oxygens (including phenoxy) is 1. The van der Waals surface area contributed by atoms with Crippen LogP contribution in [0.4, 0.5) is 10.5 Å². The molecule has 0 saturated carbocycles. The molecule has 0 spiro atoms. The number of methoxy groups -OCH3 is 1. The number of fused-ring (bicyclic) bond motifs is 1. The van der Waals surface area contributed by atoms with Gasteiger partial charge in [-0.25, -0.2) is 9.69 Å². The molecule has 4 rings (SSSR count). The van der Waals surface area contributed by atoms with Crippen molar-refractivity contribution in [3.63, 3.8) is 0 Å². The number of nitrogens with one attached hydrogen (secondary N) is 1. The summed E-state index contributed by atoms with van der Waals surface area (Å²) >= 11 is 7.61. The van der Waals surface area contributed by atoms with Crippen LogP contribution in [-0.4, -0.2) is 48.5 Å². The first kappa shape index (κ1) is 19.7. The maximum Gasteiger partial charge on any atom is 0.332 e. The van der Waals surface area contributed by atoms with E-state index >= 15 is 0 Å². The van der Waals surface area contributed by atoms with Crippen molar-refractivity contribution in [2.45, 2.75) is 31.3 Å². The molecule has 29 heavy (non-hydrogen) atoms. The van der Waals surface area contributed by atoms with E-state index in [0.717, 1.165) is 9.78 Å². The highest BCUT2D eigenvalue weighted by atomic mass is 35.5. The lowest BCUT2D eigenvalue weighted by Crippen LogP contribution is -2.50. The molecule has 3 heterocycles. The Morgan fingerprint density at radius 1 is 1.34 bits per heavy atom. The summed E-state index contributed by atoms with van der Waals surface area (Å²) in [6.07, 6.45) is 1.31. The number of imide groups is 1. The third-order valence-electron chi connectivity index (χ3n) is 5.21. The third-order valence-corrected chi connectivity index (χ3v) is 6.32. The fourth-order valence-electron chi connectivity index (χ4n) is 3.84. The molecule has 152 valence electrons. The van der Waals surface area contributed by atoms with Crippen LogP contribution in [0, 0.1) is 0 Å². The van der Waals surface area contributed by atoms with Crippen LogP contribution in [-0.2, 0) is 16.0 Å². The summed E-state index contributed by atoms with van der Waals surface area (Å²) < 4.78 is 5.31. The minimum atomic E-state index is -0.605. The predicted molar refractivity (Wildman–Crippen MR) is 111 cm³/mol. The van der Waals surface area contributed by atoms with Crippen molar-refractivity contribution in [2.75, 3.05) is 18.6 Å². The van der Waals surface area contributed by atoms with Crippen LogP contribution in [0.25, 0.3) is 0 Å². The Balaban J connectivity index is 1.48. The Hall–Kier alpha value is -2.58. The lowest BCUT2D eigenvalue weighted by atomic mass is 9.97. The van der Waals surface area contributed by atoms with E-state index in [9.17, 15) is 14.4 Å². The number of anilines is 1. The van der Waals surface area contributed by atoms with Crippen LogP contribution in [0.5, 0.6) is 5.75 Å². The Morgan fingerprint density at radius 2 is 2.17 bits per heavy atom. The molecule has 9 heteroatoms. The van der Waals surface area contributed by atoms with Gasteiger partial charge in [0.15, 0.2) is 0 Å². The van der Waals surface area contributed by atoms with Crippen molar-refractivity contribution < 1.29 is 19.1 Å². The lowest BCUT2D eigenvalue weighted by molar-refractivity contribution is -0.124. The average Bonchev–Trinajstić information content (AvgIpc) is 3.28. The van der Waals surface area contributed by atoms with Gasteiger partial charge in [-0.3, -0.25) is 9.59 Å². The maximum absolute atomic E-state index is 13.1. The maximum atomic E-state index is 13.1. The van der Waals surface area contributed by atoms with Crippen LogP contribution < -0.4 is 15.0 Å². The molecule has 2 aliphatic rings. The van der Waals surface area contributed by atoms with Gasteiger partial charge in [0.1, 0.15) is 11.8 Å². The van der Waals surface area contributed by atoms with Crippen molar-refractivity contribution in [3.05, 3.63) is 45.6 Å². The number of carbonyl (C=O) groups excluding carboxylic acids is 3. The molecule has 2 fully saturated rings. The van der Waals surface area contributed by atoms with Gasteiger partial charge in [0, 0.05) is 22.5 Å². The first-order chi connectivity index (χ1) is 14.0. The zero-order valence-corrected chi connectivity index (χ0v) is 17.3. The van der Waals surface area contributed by atoms with Crippen LogP contribution >= 0.6 is 22.9 Å². The zero-order chi connectivity index (χ0) is 20.5. The average molecular weight is 434 g/mol. The number of hydrogen-bond acceptors (Lipinski definition) is 5. The number of halogens is 1. The topological polar surface area (TPSA) is 79.0 Å². The molecule has 1 N–H and O–H groups in total. The molecule has 1 aromatic heterocycles. The molecule has 1 aromatic carbocycles. The van der Waals surface area contributed by atoms with E-state index < -0.39 is 6.04 Å². The molecule has 7 nitrogen and oxygen atoms in total. The second kappa shape index (κ2) is 8.04. The molecule has 2 saturated heterocycles. The fourth-order valence-corrected chi connectivity index (χ4v) is 4.71. The van der Waals surface area contributed by atoms with E-state index in [-0.39, 0.29) is 23.9 Å². The first-order valence-electron chi connectivity index (χ1n) is 9.27. The summed E-state index contributed by atoms with van der Waals surface area (Å²) in [4.78, 5) is 42.0. The number of amides is 4. The van der Waals surface area contributed by atoms with E-state index in [0.29, 0.717) is 42.3 Å². The number of nitrogens with zero attached hydrogens (tertiary/aromatic N) is 2. The number of hydrogen-bond donors (Lipinski definition) is 1. The van der Waals surface area contributed by atoms with Crippen molar-refractivity contribution in [1.29, 1.82) is 0 Å². The zero-order valence-electron chi connectivity index (χ0n) is 15.8. The monoisotopic (exact) mass is 433 g/mol. The molecular formula is C20H20ClN3O4S. The molecule has 0 bridgehead atoms. The summed E-state index contributed by atoms with van der Waals surface area (Å²) in [5.74, 6) is 0.000518. The SMILES string of the molecule is COc1ccc(Cl)cc1N1C(=O)C2CC(NC(=O)Cc3cccs3)CCN2C1=O. The standard InChI is InChI=1S/C20H20ClN3O4S/c1-28-17-5-4-12(21)9-15(17)24-19(26)16-10-13(6-7-23(16)20(24)27)22-18(25)11-14-3-2-8-29-14/h2-5,8-9,13,16H,6-7,10-11H2,1H3,(H,22,25). The summed E-state index contributed by atoms with van der Waals surface area (Å²) in [6.45, 7) is 0.401. The molecule has 2 unspecified atom stereocenters. The van der Waals surface area contributed by atoms with E-state index in [1.165, 1.54) is 18.4 Å². The van der Waals surface area contributed by atoms with E-state index in [1.54, 1.807) is 23.1 Å². The Bertz CT molecular complexity index is 949. The van der Waals surface area contributed by atoms with Gasteiger partial charge in [0.25, 0.3) is 5.91 Å². The molecule has 0 radical (unpaired) electrons. The van der Waals surface area contributed by atoms with Gasteiger partial charge >= 0.3 is 6.03 Å². The van der Waals surface area contributed by atoms with Crippen molar-refractivity contribution in [2.24, 2.45) is 0 Å². The van der Waals surface area contributed by atoms with Gasteiger partial charge in [-0.2, -0.15) is 0 Å². The predicted octanol–water partition coefficient (Wildman–Crippen LogP) is 3.07. The number of piperidine rings is 1. The molecule has 2 atom stereocenters. The minimum absolute atomic E-state index is 0.0731. The number of carbonyl (C=O) groups is 3. The smallest absolute Gasteiger partial charge is 0.332 e. The van der Waals surface area contributed by atoms with E-state index in [4.69, 9.17) is 16.3 Å². The highest BCUT2D eigenvalue weighted by Crippen LogP contribution is 2.37. The molecule has 4 amide bonds. The van der Waals surface area contributed by atoms with Gasteiger partial charge in [-0.15, -0.1) is 11.3 Å². The molecule has 2 aromatic rings. The van der Waals surface area contributed by atoms with Crippen LogP contribution in [0.15, 0.2) is 35.7 Å². The lowest BCUT2D eigenvalue weighted by Gasteiger charge is -2.32. The number of rotatable bonds is 5. The van der Waals surface area contributed by atoms with Gasteiger partial charge in [0.2, 0.25) is 5.91 Å². The van der Waals surface area contributed by atoms with Gasteiger partial charge < -0.3 is 15.0 Å². The van der Waals surface area contributed by atoms with Crippen molar-refractivity contribution in [1.82, 2.24) is 10.2 Å². The largest absolute Gasteiger partial charge is 0.495 e. The first-order valence-corrected chi connectivity index (χ1v) is 10.5. The quantitative estimate of drug-likeness (QED) is 0.735. The van der Waals surface area contributed by atoms with E-state index in [1.807, 2.05) is 17.5 Å². The second-order valence-electron chi connectivity index (χ2n) is 7.03. The van der Waals surface area contributed by atoms with Gasteiger partial charge in [-0.05, 0) is 42.5 Å². The van der Waals surface area contributed by atoms with Crippen molar-refractivity contribution >= 4 is 46.5 Å². The van der Waals surface area contributed by atoms with Crippen LogP contribution in [0.2, 0.25) is 5.02 Å². The number of thiophene rings is 1. The fraction of sp³-hybridized carbons (Fsp3) is 0.350. The molecule has 2 aliphatic heterocycles. The van der Waals surface area contributed by atoms with Crippen LogP contribution in [0.3, 0.4) is 0 Å². The normalized spacial score (nSPS) is 21.3. The summed E-state index contributed by atoms with van der Waals surface area (Å²) in [5.41, 5.74) is 0.336. The van der Waals surface area contributed by atoms with Crippen molar-refractivity contribution in [3.8, 4) is 5.75 Å². The Morgan fingerprint density at radius 3 is 2.90 bits per heavy atom. The van der Waals surface area contributed by atoms with Gasteiger partial charge in [0.05, 0.1) is 19.2 Å². The highest BCUT2D eigenvalue weighted by Gasteiger charge is 2.49. The highest BCUT2D eigenvalue weighted by molar-refractivity contribution is 7.10. The number of urea groups is 1. The Labute approximate surface area is 177 Å². The van der Waals surface area contributed by atoms with Gasteiger partial charge in [-0.1, -0.05) is 17.7 Å². The molecule has 0 aliphatic carbocycles. The minimum Gasteiger partial charge on any atom is -0.495 e. The Kier molecular flexibility index (Phi) is 5.47. The summed E-state index contributed by atoms with van der Waals surface area (Å²) in [7, 11) is 1.48. The third kappa shape index (κ3) is 3.82. The summed E-state index contributed by atoms with van der Waals surface area (Å²) in [5, 5.41) is 5.35. The summed E-state index contributed by atoms with van der Waals surface area (Å²) in [6, 6.07) is 7.51. The number of benzene rings is 1. The van der Waals surface area contributed by atoms with Crippen LogP contribution in [0.1, 0.15) is 17.7 Å². The second-order valence-corrected chi connectivity index (χ2v) is 8.50. The van der Waals surface area contributed by atoms with E-state index in [2.05, 4.69) is 5.32 Å². The molecular weight excluding hydrogens is 414 g/mol.